The van der Waals surface area contributed by atoms with Crippen LogP contribution in [-0.4, -0.2) is 9.13 Å². The Morgan fingerprint density at radius 2 is 0.484 bits per heavy atom. The zero-order valence-corrected chi connectivity index (χ0v) is 50.8. The summed E-state index contributed by atoms with van der Waals surface area (Å²) in [4.78, 5) is 0. The van der Waals surface area contributed by atoms with Crippen molar-refractivity contribution in [2.45, 2.75) is 0 Å². The molecule has 15 aromatic carbocycles. The third kappa shape index (κ3) is 9.04. The average Bonchev–Trinajstić information content (AvgIpc) is 1.57. The van der Waals surface area contributed by atoms with E-state index in [0.717, 1.165) is 99.5 Å². The zero-order valence-electron chi connectivity index (χ0n) is 50.8. The molecule has 0 aliphatic carbocycles. The number of rotatable bonds is 11. The van der Waals surface area contributed by atoms with Crippen molar-refractivity contribution in [1.29, 1.82) is 0 Å². The summed E-state index contributed by atoms with van der Waals surface area (Å²) in [6.07, 6.45) is 0. The van der Waals surface area contributed by atoms with Gasteiger partial charge in [-0.1, -0.05) is 285 Å². The molecule has 3 nitrogen and oxygen atoms in total. The fraction of sp³-hybridized carbons (Fsp3) is 0. The molecule has 3 heteroatoms. The number of aromatic nitrogens is 2. The van der Waals surface area contributed by atoms with Crippen molar-refractivity contribution in [2.24, 2.45) is 0 Å². The quantitative estimate of drug-likeness (QED) is 0.127. The van der Waals surface area contributed by atoms with Crippen LogP contribution in [-0.2, 0) is 0 Å². The van der Waals surface area contributed by atoms with E-state index in [1.807, 2.05) is 0 Å². The molecule has 0 fully saturated rings. The lowest BCUT2D eigenvalue weighted by atomic mass is 9.92. The predicted molar refractivity (Wildman–Crippen MR) is 391 cm³/mol. The maximum absolute atomic E-state index is 7.32. The standard InChI is InChI=1S/C90H58N2O/c1-5-25-59(26-6-1)67-33-13-17-37-71(67)63-45-51-84-79(55-63)80-56-64(72-38-18-14-34-68(72)60-27-7-2-8-28-60)46-52-85(80)91(84)83-43-23-21-41-75(83)77-49-50-78-76-42-22-24-44-88(76)93-90(78)89(77)92-86-53-47-65(73-39-19-15-35-69(73)61-29-9-3-10-30-61)57-81(86)82-58-66(48-54-87(82)92)74-40-20-16-36-70(74)62-31-11-4-12-32-62/h1-58H. The predicted octanol–water partition coefficient (Wildman–Crippen LogP) is 24.8. The normalized spacial score (nSPS) is 11.7. The van der Waals surface area contributed by atoms with E-state index in [2.05, 4.69) is 361 Å². The van der Waals surface area contributed by atoms with Crippen LogP contribution in [0.4, 0.5) is 0 Å². The molecule has 0 N–H and O–H groups in total. The Labute approximate surface area is 539 Å². The third-order valence-corrected chi connectivity index (χ3v) is 19.0. The number of para-hydroxylation sites is 2. The van der Waals surface area contributed by atoms with Crippen molar-refractivity contribution in [3.8, 4) is 112 Å². The van der Waals surface area contributed by atoms with Crippen LogP contribution < -0.4 is 0 Å². The summed E-state index contributed by atoms with van der Waals surface area (Å²) in [7, 11) is 0. The molecule has 434 valence electrons. The van der Waals surface area contributed by atoms with Crippen LogP contribution in [0.25, 0.3) is 177 Å². The van der Waals surface area contributed by atoms with Crippen LogP contribution in [0, 0.1) is 0 Å². The average molecular weight is 1180 g/mol. The first-order chi connectivity index (χ1) is 46.2. The second kappa shape index (κ2) is 22.3. The van der Waals surface area contributed by atoms with Gasteiger partial charge in [-0.3, -0.25) is 0 Å². The van der Waals surface area contributed by atoms with E-state index < -0.39 is 0 Å². The lowest BCUT2D eigenvalue weighted by molar-refractivity contribution is 0.666. The smallest absolute Gasteiger partial charge is 0.160 e. The summed E-state index contributed by atoms with van der Waals surface area (Å²) in [5, 5.41) is 6.77. The van der Waals surface area contributed by atoms with Gasteiger partial charge in [0.1, 0.15) is 5.58 Å². The first-order valence-corrected chi connectivity index (χ1v) is 32.0. The Bertz CT molecular complexity index is 5630. The summed E-state index contributed by atoms with van der Waals surface area (Å²) in [6.45, 7) is 0. The number of hydrogen-bond acceptors (Lipinski definition) is 1. The molecule has 0 bridgehead atoms. The van der Waals surface area contributed by atoms with Gasteiger partial charge in [-0.25, -0.2) is 0 Å². The molecule has 0 spiro atoms. The molecule has 0 saturated heterocycles. The van der Waals surface area contributed by atoms with Gasteiger partial charge >= 0.3 is 0 Å². The first-order valence-electron chi connectivity index (χ1n) is 32.0. The fourth-order valence-corrected chi connectivity index (χ4v) is 14.7. The Hall–Kier alpha value is -12.3. The molecule has 18 rings (SSSR count). The van der Waals surface area contributed by atoms with E-state index in [9.17, 15) is 0 Å². The minimum absolute atomic E-state index is 0.824. The van der Waals surface area contributed by atoms with E-state index in [4.69, 9.17) is 4.42 Å². The molecular weight excluding hydrogens is 1130 g/mol. The largest absolute Gasteiger partial charge is 0.454 e. The highest BCUT2D eigenvalue weighted by Gasteiger charge is 2.27. The summed E-state index contributed by atoms with van der Waals surface area (Å²) in [6, 6.07) is 129. The van der Waals surface area contributed by atoms with E-state index in [1.54, 1.807) is 0 Å². The molecule has 0 radical (unpaired) electrons. The van der Waals surface area contributed by atoms with Gasteiger partial charge in [-0.15, -0.1) is 0 Å². The molecule has 3 aromatic heterocycles. The second-order valence-electron chi connectivity index (χ2n) is 24.2. The first kappa shape index (κ1) is 53.7. The van der Waals surface area contributed by atoms with Crippen LogP contribution >= 0.6 is 0 Å². The zero-order chi connectivity index (χ0) is 61.3. The van der Waals surface area contributed by atoms with Crippen LogP contribution in [0.15, 0.2) is 356 Å². The molecule has 93 heavy (non-hydrogen) atoms. The molecule has 0 aliphatic heterocycles. The van der Waals surface area contributed by atoms with Gasteiger partial charge in [0.25, 0.3) is 0 Å². The molecule has 3 heterocycles. The van der Waals surface area contributed by atoms with E-state index in [1.165, 1.54) is 77.5 Å². The van der Waals surface area contributed by atoms with Crippen LogP contribution in [0.1, 0.15) is 0 Å². The number of fused-ring (bicyclic) bond motifs is 9. The summed E-state index contributed by atoms with van der Waals surface area (Å²) >= 11 is 0. The van der Waals surface area contributed by atoms with E-state index in [0.29, 0.717) is 0 Å². The highest BCUT2D eigenvalue weighted by atomic mass is 16.3. The minimum Gasteiger partial charge on any atom is -0.454 e. The molecular formula is C90H58N2O. The van der Waals surface area contributed by atoms with Gasteiger partial charge in [0.2, 0.25) is 0 Å². The van der Waals surface area contributed by atoms with Crippen molar-refractivity contribution in [3.05, 3.63) is 352 Å². The van der Waals surface area contributed by atoms with Crippen molar-refractivity contribution < 1.29 is 4.42 Å². The van der Waals surface area contributed by atoms with E-state index in [-0.39, 0.29) is 0 Å². The summed E-state index contributed by atoms with van der Waals surface area (Å²) in [5.74, 6) is 0. The highest BCUT2D eigenvalue weighted by molar-refractivity contribution is 6.18. The third-order valence-electron chi connectivity index (χ3n) is 19.0. The topological polar surface area (TPSA) is 23.0 Å². The molecule has 0 amide bonds. The maximum Gasteiger partial charge on any atom is 0.160 e. The van der Waals surface area contributed by atoms with Crippen molar-refractivity contribution in [2.75, 3.05) is 0 Å². The van der Waals surface area contributed by atoms with Gasteiger partial charge in [0.05, 0.1) is 33.4 Å². The van der Waals surface area contributed by atoms with Crippen molar-refractivity contribution in [3.63, 3.8) is 0 Å². The van der Waals surface area contributed by atoms with Crippen molar-refractivity contribution >= 4 is 65.6 Å². The number of furan rings is 1. The second-order valence-corrected chi connectivity index (χ2v) is 24.2. The molecule has 0 unspecified atom stereocenters. The van der Waals surface area contributed by atoms with Crippen molar-refractivity contribution in [1.82, 2.24) is 9.13 Å². The number of nitrogens with zero attached hydrogens (tertiary/aromatic N) is 2. The van der Waals surface area contributed by atoms with Gasteiger partial charge in [0, 0.05) is 43.4 Å². The molecule has 0 aliphatic rings. The molecule has 0 saturated carbocycles. The summed E-state index contributed by atoms with van der Waals surface area (Å²) < 4.78 is 12.3. The fourth-order valence-electron chi connectivity index (χ4n) is 14.7. The van der Waals surface area contributed by atoms with Crippen LogP contribution in [0.5, 0.6) is 0 Å². The lowest BCUT2D eigenvalue weighted by Gasteiger charge is -2.19. The summed E-state index contributed by atoms with van der Waals surface area (Å²) in [5.41, 5.74) is 29.1. The number of benzene rings is 15. The van der Waals surface area contributed by atoms with Gasteiger partial charge in [-0.05, 0) is 156 Å². The lowest BCUT2D eigenvalue weighted by Crippen LogP contribution is -2.02. The van der Waals surface area contributed by atoms with Crippen LogP contribution in [0.2, 0.25) is 0 Å². The van der Waals surface area contributed by atoms with Gasteiger partial charge in [-0.2, -0.15) is 0 Å². The van der Waals surface area contributed by atoms with E-state index >= 15 is 0 Å². The maximum atomic E-state index is 7.32. The Kier molecular flexibility index (Phi) is 12.9. The SMILES string of the molecule is c1ccc(-c2ccccc2-c2ccc3c(c2)c2cc(-c4ccccc4-c4ccccc4)ccc2n3-c2ccccc2-c2ccc3c(oc4ccccc43)c2-n2c3ccc(-c4ccccc4-c4ccccc4)cc3c3cc(-c4ccccc4-c4ccccc4)ccc32)cc1. The Morgan fingerprint density at radius 3 is 0.860 bits per heavy atom. The minimum atomic E-state index is 0.824. The number of hydrogen-bond donors (Lipinski definition) is 0. The highest BCUT2D eigenvalue weighted by Crippen LogP contribution is 2.49. The monoisotopic (exact) mass is 1180 g/mol. The Balaban J connectivity index is 0.905. The van der Waals surface area contributed by atoms with Gasteiger partial charge in [0.15, 0.2) is 5.58 Å². The molecule has 18 aromatic rings. The van der Waals surface area contributed by atoms with Crippen LogP contribution in [0.3, 0.4) is 0 Å². The molecule has 0 atom stereocenters. The Morgan fingerprint density at radius 1 is 0.183 bits per heavy atom. The van der Waals surface area contributed by atoms with Gasteiger partial charge < -0.3 is 13.6 Å².